The van der Waals surface area contributed by atoms with E-state index in [4.69, 9.17) is 0 Å². The average molecular weight is 236 g/mol. The van der Waals surface area contributed by atoms with E-state index >= 15 is 0 Å². The van der Waals surface area contributed by atoms with Crippen molar-refractivity contribution in [2.75, 3.05) is 0 Å². The molecular weight excluding hydrogens is 216 g/mol. The molecule has 4 heteroatoms. The maximum atomic E-state index is 11.9. The third kappa shape index (κ3) is 4.06. The Kier molecular flexibility index (Phi) is 4.10. The lowest BCUT2D eigenvalue weighted by atomic mass is 10.1. The van der Waals surface area contributed by atoms with Crippen LogP contribution >= 0.6 is 0 Å². The molecule has 0 bridgehead atoms. The van der Waals surface area contributed by atoms with Crippen LogP contribution in [0.4, 0.5) is 0 Å². The Morgan fingerprint density at radius 2 is 2.00 bits per heavy atom. The molecule has 0 aromatic carbocycles. The summed E-state index contributed by atoms with van der Waals surface area (Å²) >= 11 is 0. The molecule has 0 unspecified atom stereocenters. The van der Waals surface area contributed by atoms with Gasteiger partial charge in [-0.25, -0.2) is 0 Å². The van der Waals surface area contributed by atoms with Crippen LogP contribution in [0.1, 0.15) is 44.5 Å². The quantitative estimate of drug-likeness (QED) is 0.869. The summed E-state index contributed by atoms with van der Waals surface area (Å²) in [6, 6.07) is 3.00. The molecule has 1 amide bonds. The van der Waals surface area contributed by atoms with Crippen LogP contribution in [0, 0.1) is 0 Å². The number of nitrogens with zero attached hydrogens (tertiary/aromatic N) is 1. The minimum Gasteiger partial charge on any atom is -0.347 e. The molecule has 1 rings (SSSR count). The molecular formula is C13H20N2O2. The van der Waals surface area contributed by atoms with Gasteiger partial charge >= 0.3 is 0 Å². The number of pyridine rings is 1. The highest BCUT2D eigenvalue weighted by Gasteiger charge is 2.15. The number of nitrogens with one attached hydrogen (secondary N) is 1. The molecule has 94 valence electrons. The van der Waals surface area contributed by atoms with Gasteiger partial charge in [0.2, 0.25) is 0 Å². The molecule has 1 aromatic heterocycles. The number of aromatic nitrogens is 1. The molecule has 0 aliphatic carbocycles. The number of aryl methyl sites for hydroxylation is 1. The van der Waals surface area contributed by atoms with E-state index in [-0.39, 0.29) is 17.0 Å². The van der Waals surface area contributed by atoms with Crippen LogP contribution in [0.3, 0.4) is 0 Å². The van der Waals surface area contributed by atoms with Crippen LogP contribution in [-0.2, 0) is 6.54 Å². The Hall–Kier alpha value is -1.58. The first-order valence-corrected chi connectivity index (χ1v) is 5.86. The van der Waals surface area contributed by atoms with Crippen LogP contribution in [0.25, 0.3) is 0 Å². The first kappa shape index (κ1) is 13.5. The minimum absolute atomic E-state index is 0.0702. The third-order valence-electron chi connectivity index (χ3n) is 2.20. The van der Waals surface area contributed by atoms with Crippen molar-refractivity contribution in [3.05, 3.63) is 34.2 Å². The molecule has 0 spiro atoms. The predicted molar refractivity (Wildman–Crippen MR) is 68.2 cm³/mol. The first-order chi connectivity index (χ1) is 7.83. The summed E-state index contributed by atoms with van der Waals surface area (Å²) in [7, 11) is 0. The van der Waals surface area contributed by atoms with Crippen LogP contribution < -0.4 is 10.9 Å². The summed E-state index contributed by atoms with van der Waals surface area (Å²) in [5.74, 6) is -0.151. The van der Waals surface area contributed by atoms with Gasteiger partial charge in [-0.1, -0.05) is 6.92 Å². The van der Waals surface area contributed by atoms with E-state index in [1.165, 1.54) is 6.07 Å². The smallest absolute Gasteiger partial charge is 0.253 e. The Morgan fingerprint density at radius 1 is 1.35 bits per heavy atom. The molecule has 4 nitrogen and oxygen atoms in total. The largest absolute Gasteiger partial charge is 0.347 e. The van der Waals surface area contributed by atoms with E-state index in [0.717, 1.165) is 6.42 Å². The maximum absolute atomic E-state index is 11.9. The second-order valence-corrected chi connectivity index (χ2v) is 5.15. The van der Waals surface area contributed by atoms with Gasteiger partial charge in [0.15, 0.2) is 0 Å². The lowest BCUT2D eigenvalue weighted by Crippen LogP contribution is -2.41. The summed E-state index contributed by atoms with van der Waals surface area (Å²) in [5.41, 5.74) is 0.176. The van der Waals surface area contributed by atoms with E-state index < -0.39 is 0 Å². The Labute approximate surface area is 102 Å². The molecule has 0 fully saturated rings. The lowest BCUT2D eigenvalue weighted by molar-refractivity contribution is 0.0918. The van der Waals surface area contributed by atoms with Crippen molar-refractivity contribution in [1.29, 1.82) is 0 Å². The lowest BCUT2D eigenvalue weighted by Gasteiger charge is -2.20. The summed E-state index contributed by atoms with van der Waals surface area (Å²) in [5, 5.41) is 2.87. The van der Waals surface area contributed by atoms with Gasteiger partial charge in [-0.2, -0.15) is 0 Å². The normalized spacial score (nSPS) is 11.3. The van der Waals surface area contributed by atoms with Gasteiger partial charge in [0.25, 0.3) is 11.5 Å². The Morgan fingerprint density at radius 3 is 2.53 bits per heavy atom. The standard InChI is InChI=1S/C13H20N2O2/c1-5-8-15-9-10(6-7-11(15)16)12(17)14-13(2,3)4/h6-7,9H,5,8H2,1-4H3,(H,14,17). The van der Waals surface area contributed by atoms with Gasteiger partial charge < -0.3 is 9.88 Å². The molecule has 1 N–H and O–H groups in total. The number of carbonyl (C=O) groups excluding carboxylic acids is 1. The van der Waals surface area contributed by atoms with Crippen molar-refractivity contribution in [2.45, 2.75) is 46.2 Å². The maximum Gasteiger partial charge on any atom is 0.253 e. The summed E-state index contributed by atoms with van der Waals surface area (Å²) in [4.78, 5) is 23.4. The van der Waals surface area contributed by atoms with Crippen LogP contribution in [0.2, 0.25) is 0 Å². The fraction of sp³-hybridized carbons (Fsp3) is 0.538. The highest BCUT2D eigenvalue weighted by Crippen LogP contribution is 2.03. The highest BCUT2D eigenvalue weighted by molar-refractivity contribution is 5.94. The Bertz CT molecular complexity index is 455. The monoisotopic (exact) mass is 236 g/mol. The van der Waals surface area contributed by atoms with Crippen LogP contribution in [0.15, 0.2) is 23.1 Å². The number of hydrogen-bond donors (Lipinski definition) is 1. The van der Waals surface area contributed by atoms with E-state index in [2.05, 4.69) is 5.32 Å². The van der Waals surface area contributed by atoms with Crippen molar-refractivity contribution in [1.82, 2.24) is 9.88 Å². The zero-order chi connectivity index (χ0) is 13.1. The van der Waals surface area contributed by atoms with Crippen LogP contribution in [-0.4, -0.2) is 16.0 Å². The summed E-state index contributed by atoms with van der Waals surface area (Å²) < 4.78 is 1.57. The highest BCUT2D eigenvalue weighted by atomic mass is 16.2. The molecule has 0 aliphatic heterocycles. The fourth-order valence-electron chi connectivity index (χ4n) is 1.49. The summed E-state index contributed by atoms with van der Waals surface area (Å²) in [6.45, 7) is 8.40. The van der Waals surface area contributed by atoms with Crippen molar-refractivity contribution < 1.29 is 4.79 Å². The minimum atomic E-state index is -0.275. The van der Waals surface area contributed by atoms with Gasteiger partial charge in [0, 0.05) is 24.3 Å². The topological polar surface area (TPSA) is 51.1 Å². The van der Waals surface area contributed by atoms with Gasteiger partial charge in [-0.15, -0.1) is 0 Å². The van der Waals surface area contributed by atoms with Crippen molar-refractivity contribution in [2.24, 2.45) is 0 Å². The van der Waals surface area contributed by atoms with Crippen molar-refractivity contribution in [3.63, 3.8) is 0 Å². The average Bonchev–Trinajstić information content (AvgIpc) is 2.19. The van der Waals surface area contributed by atoms with E-state index in [9.17, 15) is 9.59 Å². The van der Waals surface area contributed by atoms with E-state index in [1.54, 1.807) is 16.8 Å². The molecule has 0 atom stereocenters. The van der Waals surface area contributed by atoms with Gasteiger partial charge in [0.05, 0.1) is 5.56 Å². The fourth-order valence-corrected chi connectivity index (χ4v) is 1.49. The molecule has 0 aliphatic rings. The first-order valence-electron chi connectivity index (χ1n) is 5.86. The zero-order valence-corrected chi connectivity index (χ0v) is 10.9. The third-order valence-corrected chi connectivity index (χ3v) is 2.20. The second-order valence-electron chi connectivity index (χ2n) is 5.15. The van der Waals surface area contributed by atoms with Gasteiger partial charge in [-0.05, 0) is 33.3 Å². The van der Waals surface area contributed by atoms with Gasteiger partial charge in [-0.3, -0.25) is 9.59 Å². The molecule has 0 radical (unpaired) electrons. The number of carbonyl (C=O) groups is 1. The summed E-state index contributed by atoms with van der Waals surface area (Å²) in [6.07, 6.45) is 2.48. The predicted octanol–water partition coefficient (Wildman–Crippen LogP) is 1.79. The number of hydrogen-bond acceptors (Lipinski definition) is 2. The van der Waals surface area contributed by atoms with Gasteiger partial charge in [0.1, 0.15) is 0 Å². The second kappa shape index (κ2) is 5.17. The number of rotatable bonds is 3. The van der Waals surface area contributed by atoms with Crippen LogP contribution in [0.5, 0.6) is 0 Å². The van der Waals surface area contributed by atoms with Crippen molar-refractivity contribution in [3.8, 4) is 0 Å². The molecule has 17 heavy (non-hydrogen) atoms. The van der Waals surface area contributed by atoms with E-state index in [0.29, 0.717) is 12.1 Å². The molecule has 1 heterocycles. The van der Waals surface area contributed by atoms with Crippen molar-refractivity contribution >= 4 is 5.91 Å². The molecule has 0 saturated carbocycles. The number of amides is 1. The zero-order valence-electron chi connectivity index (χ0n) is 10.9. The SMILES string of the molecule is CCCn1cc(C(=O)NC(C)(C)C)ccc1=O. The molecule has 1 aromatic rings. The molecule has 0 saturated heterocycles. The Balaban J connectivity index is 2.96. The van der Waals surface area contributed by atoms with E-state index in [1.807, 2.05) is 27.7 Å².